The lowest BCUT2D eigenvalue weighted by Crippen LogP contribution is -2.05. The molecule has 0 aliphatic carbocycles. The summed E-state index contributed by atoms with van der Waals surface area (Å²) < 4.78 is 49.0. The first kappa shape index (κ1) is 19.6. The molecule has 1 heterocycles. The molecule has 1 aliphatic rings. The lowest BCUT2D eigenvalue weighted by molar-refractivity contribution is 0.101. The van der Waals surface area contributed by atoms with Gasteiger partial charge in [0.1, 0.15) is 11.5 Å². The van der Waals surface area contributed by atoms with Crippen LogP contribution in [0.5, 0.6) is 28.7 Å². The van der Waals surface area contributed by atoms with Crippen LogP contribution >= 0.6 is 0 Å². The average Bonchev–Trinajstić information content (AvgIpc) is 2.94. The van der Waals surface area contributed by atoms with Gasteiger partial charge >= 0.3 is 10.1 Å². The molecular weight excluding hydrogens is 388 g/mol. The maximum atomic E-state index is 12.6. The molecule has 0 saturated carbocycles. The Morgan fingerprint density at radius 1 is 0.964 bits per heavy atom. The van der Waals surface area contributed by atoms with Gasteiger partial charge in [-0.25, -0.2) is 0 Å². The van der Waals surface area contributed by atoms with Gasteiger partial charge in [0.05, 0.1) is 33.1 Å². The second kappa shape index (κ2) is 7.43. The number of Topliss-reactive ketones (excluding diaryl/α,β-unsaturated/α-hetero) is 1. The zero-order chi connectivity index (χ0) is 20.5. The quantitative estimate of drug-likeness (QED) is 0.534. The minimum Gasteiger partial charge on any atom is -0.493 e. The molecule has 0 atom stereocenters. The van der Waals surface area contributed by atoms with E-state index in [0.29, 0.717) is 28.4 Å². The van der Waals surface area contributed by atoms with Crippen molar-refractivity contribution in [3.63, 3.8) is 0 Å². The number of hydrogen-bond donors (Lipinski definition) is 0. The van der Waals surface area contributed by atoms with E-state index in [2.05, 4.69) is 0 Å². The van der Waals surface area contributed by atoms with E-state index in [0.717, 1.165) is 6.26 Å². The topological polar surface area (TPSA) is 97.4 Å². The summed E-state index contributed by atoms with van der Waals surface area (Å²) in [6.07, 6.45) is 2.45. The van der Waals surface area contributed by atoms with Crippen molar-refractivity contribution in [3.05, 3.63) is 47.2 Å². The third-order valence-corrected chi connectivity index (χ3v) is 4.41. The minimum absolute atomic E-state index is 0.0528. The molecule has 0 aromatic heterocycles. The number of benzene rings is 2. The highest BCUT2D eigenvalue weighted by Crippen LogP contribution is 2.42. The number of rotatable bonds is 6. The minimum atomic E-state index is -3.69. The molecule has 0 spiro atoms. The second-order valence-corrected chi connectivity index (χ2v) is 7.38. The zero-order valence-electron chi connectivity index (χ0n) is 15.6. The molecule has 28 heavy (non-hydrogen) atoms. The van der Waals surface area contributed by atoms with Gasteiger partial charge < -0.3 is 23.1 Å². The lowest BCUT2D eigenvalue weighted by Gasteiger charge is -2.14. The third-order valence-electron chi connectivity index (χ3n) is 3.91. The molecule has 2 aromatic carbocycles. The highest BCUT2D eigenvalue weighted by Gasteiger charge is 2.29. The van der Waals surface area contributed by atoms with Crippen LogP contribution in [-0.4, -0.2) is 41.8 Å². The maximum absolute atomic E-state index is 12.6. The van der Waals surface area contributed by atoms with Gasteiger partial charge in [-0.2, -0.15) is 8.42 Å². The summed E-state index contributed by atoms with van der Waals surface area (Å²) in [5.74, 6) is 1.20. The van der Waals surface area contributed by atoms with Crippen molar-refractivity contribution >= 4 is 22.0 Å². The molecule has 0 unspecified atom stereocenters. The van der Waals surface area contributed by atoms with Gasteiger partial charge in [-0.3, -0.25) is 4.79 Å². The van der Waals surface area contributed by atoms with Crippen LogP contribution in [-0.2, 0) is 10.1 Å². The molecule has 0 saturated heterocycles. The van der Waals surface area contributed by atoms with E-state index in [1.807, 2.05) is 0 Å². The lowest BCUT2D eigenvalue weighted by atomic mass is 10.1. The SMILES string of the molecule is COc1ccc(/C=C2/Oc3cc(OS(C)(=O)=O)ccc3C2=O)c(OC)c1OC. The van der Waals surface area contributed by atoms with Crippen LogP contribution in [0.2, 0.25) is 0 Å². The number of hydrogen-bond acceptors (Lipinski definition) is 8. The van der Waals surface area contributed by atoms with Crippen molar-refractivity contribution in [2.45, 2.75) is 0 Å². The van der Waals surface area contributed by atoms with E-state index >= 15 is 0 Å². The Morgan fingerprint density at radius 3 is 2.29 bits per heavy atom. The number of carbonyl (C=O) groups is 1. The molecule has 0 N–H and O–H groups in total. The first-order valence-electron chi connectivity index (χ1n) is 8.04. The van der Waals surface area contributed by atoms with Crippen molar-refractivity contribution in [2.24, 2.45) is 0 Å². The fourth-order valence-corrected chi connectivity index (χ4v) is 3.23. The van der Waals surface area contributed by atoms with Crippen LogP contribution < -0.4 is 23.1 Å². The Labute approximate surface area is 162 Å². The Kier molecular flexibility index (Phi) is 5.19. The Hall–Kier alpha value is -3.20. The zero-order valence-corrected chi connectivity index (χ0v) is 16.5. The molecule has 9 heteroatoms. The number of ketones is 1. The monoisotopic (exact) mass is 406 g/mol. The summed E-state index contributed by atoms with van der Waals surface area (Å²) >= 11 is 0. The smallest absolute Gasteiger partial charge is 0.306 e. The second-order valence-electron chi connectivity index (χ2n) is 5.81. The fourth-order valence-electron chi connectivity index (χ4n) is 2.77. The van der Waals surface area contributed by atoms with E-state index in [9.17, 15) is 13.2 Å². The van der Waals surface area contributed by atoms with Crippen molar-refractivity contribution in [1.82, 2.24) is 0 Å². The van der Waals surface area contributed by atoms with Crippen LogP contribution in [0.25, 0.3) is 6.08 Å². The van der Waals surface area contributed by atoms with Gasteiger partial charge in [0.25, 0.3) is 0 Å². The first-order valence-corrected chi connectivity index (χ1v) is 9.85. The molecule has 8 nitrogen and oxygen atoms in total. The van der Waals surface area contributed by atoms with Crippen LogP contribution in [0.3, 0.4) is 0 Å². The summed E-state index contributed by atoms with van der Waals surface area (Å²) in [4.78, 5) is 12.6. The number of fused-ring (bicyclic) bond motifs is 1. The summed E-state index contributed by atoms with van der Waals surface area (Å²) in [7, 11) is 0.767. The van der Waals surface area contributed by atoms with E-state index in [-0.39, 0.29) is 23.0 Å². The molecule has 1 aliphatic heterocycles. The van der Waals surface area contributed by atoms with Crippen molar-refractivity contribution in [3.8, 4) is 28.7 Å². The molecule has 2 aromatic rings. The standard InChI is InChI=1S/C19H18O8S/c1-23-14-8-5-11(18(24-2)19(14)25-3)9-16-17(20)13-7-6-12(10-15(13)26-16)27-28(4,21)22/h5-10H,1-4H3/b16-9+. The molecular formula is C19H18O8S. The molecule has 0 radical (unpaired) electrons. The molecule has 148 valence electrons. The predicted octanol–water partition coefficient (Wildman–Crippen LogP) is 2.67. The number of methoxy groups -OCH3 is 3. The average molecular weight is 406 g/mol. The summed E-state index contributed by atoms with van der Waals surface area (Å²) in [5.41, 5.74) is 0.843. The van der Waals surface area contributed by atoms with Gasteiger partial charge in [0, 0.05) is 11.6 Å². The van der Waals surface area contributed by atoms with Gasteiger partial charge in [0.2, 0.25) is 11.5 Å². The van der Waals surface area contributed by atoms with Gasteiger partial charge in [0.15, 0.2) is 17.3 Å². The van der Waals surface area contributed by atoms with Crippen LogP contribution in [0, 0.1) is 0 Å². The van der Waals surface area contributed by atoms with E-state index in [4.69, 9.17) is 23.1 Å². The molecule has 3 rings (SSSR count). The summed E-state index contributed by atoms with van der Waals surface area (Å²) in [6.45, 7) is 0. The van der Waals surface area contributed by atoms with Crippen molar-refractivity contribution in [2.75, 3.05) is 27.6 Å². The Balaban J connectivity index is 1.99. The van der Waals surface area contributed by atoms with Crippen molar-refractivity contribution < 1.29 is 36.3 Å². The van der Waals surface area contributed by atoms with E-state index < -0.39 is 10.1 Å². The van der Waals surface area contributed by atoms with E-state index in [1.165, 1.54) is 45.6 Å². The van der Waals surface area contributed by atoms with Crippen molar-refractivity contribution in [1.29, 1.82) is 0 Å². The van der Waals surface area contributed by atoms with Crippen LogP contribution in [0.15, 0.2) is 36.1 Å². The number of ether oxygens (including phenoxy) is 4. The van der Waals surface area contributed by atoms with Gasteiger partial charge in [-0.15, -0.1) is 0 Å². The molecule has 0 fully saturated rings. The molecule has 0 bridgehead atoms. The maximum Gasteiger partial charge on any atom is 0.306 e. The van der Waals surface area contributed by atoms with Crippen LogP contribution in [0.1, 0.15) is 15.9 Å². The highest BCUT2D eigenvalue weighted by atomic mass is 32.2. The van der Waals surface area contributed by atoms with Gasteiger partial charge in [-0.05, 0) is 30.3 Å². The largest absolute Gasteiger partial charge is 0.493 e. The fraction of sp³-hybridized carbons (Fsp3) is 0.211. The van der Waals surface area contributed by atoms with E-state index in [1.54, 1.807) is 12.1 Å². The highest BCUT2D eigenvalue weighted by molar-refractivity contribution is 7.86. The summed E-state index contributed by atoms with van der Waals surface area (Å²) in [6, 6.07) is 7.57. The molecule has 0 amide bonds. The summed E-state index contributed by atoms with van der Waals surface area (Å²) in [5, 5.41) is 0. The Morgan fingerprint density at radius 2 is 1.68 bits per heavy atom. The van der Waals surface area contributed by atoms with Gasteiger partial charge in [-0.1, -0.05) is 0 Å². The number of carbonyl (C=O) groups excluding carboxylic acids is 1. The normalized spacial score (nSPS) is 14.4. The van der Waals surface area contributed by atoms with Crippen LogP contribution in [0.4, 0.5) is 0 Å². The Bertz CT molecular complexity index is 1070. The first-order chi connectivity index (χ1) is 13.3. The predicted molar refractivity (Wildman–Crippen MR) is 101 cm³/mol. The number of allylic oxidation sites excluding steroid dienone is 1. The third kappa shape index (κ3) is 3.74.